The standard InChI is InChI=1S/C9H16N2/c1-4-8(2)7-11-6-5-9(3)10-11/h5-6,8H,4,7H2,1-3H3. The molecule has 0 N–H and O–H groups in total. The Morgan fingerprint density at radius 3 is 2.82 bits per heavy atom. The number of hydrogen-bond donors (Lipinski definition) is 0. The maximum atomic E-state index is 4.32. The van der Waals surface area contributed by atoms with Crippen LogP contribution in [0.5, 0.6) is 0 Å². The first kappa shape index (κ1) is 8.31. The Labute approximate surface area is 68.2 Å². The molecule has 0 spiro atoms. The number of rotatable bonds is 3. The van der Waals surface area contributed by atoms with Crippen molar-refractivity contribution in [2.24, 2.45) is 5.92 Å². The van der Waals surface area contributed by atoms with E-state index in [1.165, 1.54) is 6.42 Å². The molecule has 2 nitrogen and oxygen atoms in total. The van der Waals surface area contributed by atoms with Crippen molar-refractivity contribution >= 4 is 0 Å². The molecule has 0 aliphatic carbocycles. The molecule has 1 rings (SSSR count). The highest BCUT2D eigenvalue weighted by molar-refractivity contribution is 4.94. The van der Waals surface area contributed by atoms with Crippen molar-refractivity contribution in [2.75, 3.05) is 0 Å². The first-order chi connectivity index (χ1) is 5.22. The minimum Gasteiger partial charge on any atom is -0.272 e. The molecule has 1 unspecified atom stereocenters. The second-order valence-electron chi connectivity index (χ2n) is 3.19. The highest BCUT2D eigenvalue weighted by Crippen LogP contribution is 2.04. The van der Waals surface area contributed by atoms with E-state index in [-0.39, 0.29) is 0 Å². The second kappa shape index (κ2) is 3.56. The van der Waals surface area contributed by atoms with Gasteiger partial charge in [0.15, 0.2) is 0 Å². The zero-order chi connectivity index (χ0) is 8.27. The molecule has 1 heterocycles. The van der Waals surface area contributed by atoms with Crippen LogP contribution in [0.3, 0.4) is 0 Å². The average Bonchev–Trinajstić information content (AvgIpc) is 2.35. The zero-order valence-corrected chi connectivity index (χ0v) is 7.54. The van der Waals surface area contributed by atoms with Crippen molar-refractivity contribution in [3.8, 4) is 0 Å². The van der Waals surface area contributed by atoms with Crippen LogP contribution in [-0.2, 0) is 6.54 Å². The lowest BCUT2D eigenvalue weighted by atomic mass is 10.1. The topological polar surface area (TPSA) is 17.8 Å². The summed E-state index contributed by atoms with van der Waals surface area (Å²) in [7, 11) is 0. The minimum atomic E-state index is 0.731. The zero-order valence-electron chi connectivity index (χ0n) is 7.54. The van der Waals surface area contributed by atoms with Gasteiger partial charge in [-0.15, -0.1) is 0 Å². The summed E-state index contributed by atoms with van der Waals surface area (Å²) in [6.45, 7) is 7.52. The quantitative estimate of drug-likeness (QED) is 0.649. The highest BCUT2D eigenvalue weighted by Gasteiger charge is 1.99. The molecule has 0 saturated heterocycles. The fourth-order valence-electron chi connectivity index (χ4n) is 1.01. The van der Waals surface area contributed by atoms with Gasteiger partial charge < -0.3 is 0 Å². The van der Waals surface area contributed by atoms with Crippen molar-refractivity contribution in [3.05, 3.63) is 18.0 Å². The van der Waals surface area contributed by atoms with Crippen LogP contribution in [0, 0.1) is 12.8 Å². The summed E-state index contributed by atoms with van der Waals surface area (Å²) >= 11 is 0. The van der Waals surface area contributed by atoms with E-state index in [2.05, 4.69) is 18.9 Å². The average molecular weight is 152 g/mol. The molecule has 0 saturated carbocycles. The van der Waals surface area contributed by atoms with Crippen molar-refractivity contribution in [2.45, 2.75) is 33.7 Å². The van der Waals surface area contributed by atoms with E-state index in [1.807, 2.05) is 23.9 Å². The molecule has 0 fully saturated rings. The SMILES string of the molecule is CCC(C)Cn1ccc(C)n1. The molecular weight excluding hydrogens is 136 g/mol. The molecule has 1 aromatic heterocycles. The van der Waals surface area contributed by atoms with Gasteiger partial charge in [0.05, 0.1) is 5.69 Å². The van der Waals surface area contributed by atoms with Crippen molar-refractivity contribution in [1.29, 1.82) is 0 Å². The van der Waals surface area contributed by atoms with Crippen LogP contribution in [0.1, 0.15) is 26.0 Å². The van der Waals surface area contributed by atoms with Crippen LogP contribution in [0.15, 0.2) is 12.3 Å². The molecule has 1 aromatic rings. The summed E-state index contributed by atoms with van der Waals surface area (Å²) in [5.74, 6) is 0.731. The van der Waals surface area contributed by atoms with Gasteiger partial charge in [-0.25, -0.2) is 0 Å². The largest absolute Gasteiger partial charge is 0.272 e. The Morgan fingerprint density at radius 2 is 2.36 bits per heavy atom. The molecular formula is C9H16N2. The summed E-state index contributed by atoms with van der Waals surface area (Å²) in [6, 6.07) is 2.04. The van der Waals surface area contributed by atoms with Crippen molar-refractivity contribution in [3.63, 3.8) is 0 Å². The lowest BCUT2D eigenvalue weighted by Gasteiger charge is -2.07. The summed E-state index contributed by atoms with van der Waals surface area (Å²) in [5.41, 5.74) is 1.10. The Bertz CT molecular complexity index is 215. The Hall–Kier alpha value is -0.790. The number of aromatic nitrogens is 2. The van der Waals surface area contributed by atoms with E-state index in [9.17, 15) is 0 Å². The lowest BCUT2D eigenvalue weighted by Crippen LogP contribution is -2.06. The van der Waals surface area contributed by atoms with Gasteiger partial charge in [0.25, 0.3) is 0 Å². The van der Waals surface area contributed by atoms with E-state index in [4.69, 9.17) is 0 Å². The summed E-state index contributed by atoms with van der Waals surface area (Å²) in [4.78, 5) is 0. The normalized spacial score (nSPS) is 13.4. The fraction of sp³-hybridized carbons (Fsp3) is 0.667. The first-order valence-corrected chi connectivity index (χ1v) is 4.22. The predicted molar refractivity (Wildman–Crippen MR) is 46.4 cm³/mol. The van der Waals surface area contributed by atoms with Gasteiger partial charge in [0.1, 0.15) is 0 Å². The summed E-state index contributed by atoms with van der Waals surface area (Å²) in [6.07, 6.45) is 3.26. The molecule has 1 atom stereocenters. The third kappa shape index (κ3) is 2.37. The van der Waals surface area contributed by atoms with Crippen LogP contribution in [0.2, 0.25) is 0 Å². The molecule has 0 amide bonds. The maximum absolute atomic E-state index is 4.32. The molecule has 0 bridgehead atoms. The van der Waals surface area contributed by atoms with Gasteiger partial charge in [-0.3, -0.25) is 4.68 Å². The van der Waals surface area contributed by atoms with Crippen molar-refractivity contribution < 1.29 is 0 Å². The van der Waals surface area contributed by atoms with Gasteiger partial charge in [0, 0.05) is 12.7 Å². The van der Waals surface area contributed by atoms with Crippen LogP contribution in [0.25, 0.3) is 0 Å². The summed E-state index contributed by atoms with van der Waals surface area (Å²) < 4.78 is 2.02. The third-order valence-corrected chi connectivity index (χ3v) is 1.97. The molecule has 0 radical (unpaired) electrons. The van der Waals surface area contributed by atoms with Gasteiger partial charge in [-0.1, -0.05) is 20.3 Å². The highest BCUT2D eigenvalue weighted by atomic mass is 15.3. The third-order valence-electron chi connectivity index (χ3n) is 1.97. The second-order valence-corrected chi connectivity index (χ2v) is 3.19. The van der Waals surface area contributed by atoms with E-state index in [0.29, 0.717) is 0 Å². The minimum absolute atomic E-state index is 0.731. The van der Waals surface area contributed by atoms with E-state index in [0.717, 1.165) is 18.2 Å². The van der Waals surface area contributed by atoms with Gasteiger partial charge in [-0.05, 0) is 18.9 Å². The molecule has 2 heteroatoms. The molecule has 0 aliphatic rings. The number of aryl methyl sites for hydroxylation is 1. The van der Waals surface area contributed by atoms with Crippen LogP contribution < -0.4 is 0 Å². The summed E-state index contributed by atoms with van der Waals surface area (Å²) in [5, 5.41) is 4.32. The fourth-order valence-corrected chi connectivity index (χ4v) is 1.01. The van der Waals surface area contributed by atoms with E-state index < -0.39 is 0 Å². The van der Waals surface area contributed by atoms with E-state index >= 15 is 0 Å². The Kier molecular flexibility index (Phi) is 2.69. The molecule has 0 aromatic carbocycles. The Balaban J connectivity index is 2.50. The van der Waals surface area contributed by atoms with Gasteiger partial charge in [-0.2, -0.15) is 5.10 Å². The Morgan fingerprint density at radius 1 is 1.64 bits per heavy atom. The smallest absolute Gasteiger partial charge is 0.0593 e. The van der Waals surface area contributed by atoms with Crippen LogP contribution in [0.4, 0.5) is 0 Å². The number of nitrogens with zero attached hydrogens (tertiary/aromatic N) is 2. The lowest BCUT2D eigenvalue weighted by molar-refractivity contribution is 0.437. The predicted octanol–water partition coefficient (Wildman–Crippen LogP) is 2.24. The number of hydrogen-bond acceptors (Lipinski definition) is 1. The van der Waals surface area contributed by atoms with Gasteiger partial charge >= 0.3 is 0 Å². The monoisotopic (exact) mass is 152 g/mol. The molecule has 0 aliphatic heterocycles. The van der Waals surface area contributed by atoms with E-state index in [1.54, 1.807) is 0 Å². The van der Waals surface area contributed by atoms with Gasteiger partial charge in [0.2, 0.25) is 0 Å². The first-order valence-electron chi connectivity index (χ1n) is 4.22. The molecule has 11 heavy (non-hydrogen) atoms. The van der Waals surface area contributed by atoms with Crippen LogP contribution >= 0.6 is 0 Å². The maximum Gasteiger partial charge on any atom is 0.0593 e. The van der Waals surface area contributed by atoms with Crippen molar-refractivity contribution in [1.82, 2.24) is 9.78 Å². The molecule has 62 valence electrons. The van der Waals surface area contributed by atoms with Crippen LogP contribution in [-0.4, -0.2) is 9.78 Å².